The topological polar surface area (TPSA) is 83.0 Å². The minimum absolute atomic E-state index is 0.108. The van der Waals surface area contributed by atoms with Gasteiger partial charge in [-0.15, -0.1) is 0 Å². The lowest BCUT2D eigenvalue weighted by molar-refractivity contribution is 0.400. The number of fused-ring (bicyclic) bond motifs is 1. The molecule has 0 radical (unpaired) electrons. The van der Waals surface area contributed by atoms with Crippen LogP contribution >= 0.6 is 0 Å². The Balaban J connectivity index is 1.62. The van der Waals surface area contributed by atoms with E-state index in [0.717, 1.165) is 11.3 Å². The van der Waals surface area contributed by atoms with E-state index >= 15 is 0 Å². The lowest BCUT2D eigenvalue weighted by Crippen LogP contribution is -2.26. The minimum atomic E-state index is -0.108. The molecule has 0 atom stereocenters. The molecule has 0 saturated carbocycles. The van der Waals surface area contributed by atoms with Crippen LogP contribution in [-0.2, 0) is 13.0 Å². The van der Waals surface area contributed by atoms with Crippen LogP contribution in [0.25, 0.3) is 23.1 Å². The summed E-state index contributed by atoms with van der Waals surface area (Å²) in [5, 5.41) is 4.58. The predicted molar refractivity (Wildman–Crippen MR) is 111 cm³/mol. The van der Waals surface area contributed by atoms with Gasteiger partial charge >= 0.3 is 0 Å². The zero-order valence-corrected chi connectivity index (χ0v) is 16.2. The van der Waals surface area contributed by atoms with E-state index in [4.69, 9.17) is 9.26 Å². The zero-order chi connectivity index (χ0) is 20.2. The summed E-state index contributed by atoms with van der Waals surface area (Å²) in [5.41, 5.74) is 1.49. The molecule has 4 aromatic rings. The number of hydrogen-bond acceptors (Lipinski definition) is 6. The summed E-state index contributed by atoms with van der Waals surface area (Å²) in [6.07, 6.45) is 4.19. The van der Waals surface area contributed by atoms with Gasteiger partial charge in [0.25, 0.3) is 11.4 Å². The molecule has 0 saturated heterocycles. The highest BCUT2D eigenvalue weighted by Crippen LogP contribution is 2.19. The molecule has 7 heteroatoms. The minimum Gasteiger partial charge on any atom is -0.496 e. The molecule has 2 aromatic heterocycles. The molecule has 2 aromatic carbocycles. The number of aromatic nitrogens is 4. The number of para-hydroxylation sites is 2. The Morgan fingerprint density at radius 1 is 1.07 bits per heavy atom. The maximum absolute atomic E-state index is 12.9. The molecule has 0 unspecified atom stereocenters. The fourth-order valence-corrected chi connectivity index (χ4v) is 3.15. The van der Waals surface area contributed by atoms with Gasteiger partial charge in [-0.3, -0.25) is 9.36 Å². The normalized spacial score (nSPS) is 11.4. The van der Waals surface area contributed by atoms with Crippen LogP contribution in [0.3, 0.4) is 0 Å². The van der Waals surface area contributed by atoms with Gasteiger partial charge in [-0.2, -0.15) is 4.98 Å². The second-order valence-corrected chi connectivity index (χ2v) is 6.41. The largest absolute Gasteiger partial charge is 0.496 e. The number of methoxy groups -OCH3 is 1. The fraction of sp³-hybridized carbons (Fsp3) is 0.182. The molecule has 0 amide bonds. The first-order valence-corrected chi connectivity index (χ1v) is 9.31. The fourth-order valence-electron chi connectivity index (χ4n) is 3.15. The van der Waals surface area contributed by atoms with Crippen molar-refractivity contribution in [1.29, 1.82) is 0 Å². The number of benzene rings is 2. The summed E-state index contributed by atoms with van der Waals surface area (Å²) in [7, 11) is 1.62. The van der Waals surface area contributed by atoms with Crippen LogP contribution in [0.15, 0.2) is 57.8 Å². The monoisotopic (exact) mass is 388 g/mol. The summed E-state index contributed by atoms with van der Waals surface area (Å²) < 4.78 is 12.2. The Bertz CT molecular complexity index is 1240. The predicted octanol–water partition coefficient (Wildman–Crippen LogP) is 3.57. The van der Waals surface area contributed by atoms with E-state index in [9.17, 15) is 4.79 Å². The van der Waals surface area contributed by atoms with Gasteiger partial charge < -0.3 is 9.26 Å². The summed E-state index contributed by atoms with van der Waals surface area (Å²) in [6.45, 7) is 2.16. The molecule has 0 aliphatic carbocycles. The van der Waals surface area contributed by atoms with E-state index in [1.165, 1.54) is 0 Å². The van der Waals surface area contributed by atoms with Crippen molar-refractivity contribution in [2.45, 2.75) is 19.9 Å². The van der Waals surface area contributed by atoms with Gasteiger partial charge in [-0.25, -0.2) is 4.98 Å². The van der Waals surface area contributed by atoms with Crippen molar-refractivity contribution in [2.75, 3.05) is 7.11 Å². The summed E-state index contributed by atoms with van der Waals surface area (Å²) in [6, 6.07) is 15.0. The zero-order valence-electron chi connectivity index (χ0n) is 16.2. The summed E-state index contributed by atoms with van der Waals surface area (Å²) in [5.74, 6) is 2.21. The van der Waals surface area contributed by atoms with Crippen LogP contribution in [0.1, 0.15) is 30.0 Å². The third kappa shape index (κ3) is 3.80. The molecule has 0 fully saturated rings. The first kappa shape index (κ1) is 18.6. The average Bonchev–Trinajstić information content (AvgIpc) is 3.21. The average molecular weight is 388 g/mol. The van der Waals surface area contributed by atoms with Gasteiger partial charge in [0.15, 0.2) is 5.82 Å². The molecular weight excluding hydrogens is 368 g/mol. The Morgan fingerprint density at radius 3 is 2.69 bits per heavy atom. The van der Waals surface area contributed by atoms with Crippen molar-refractivity contribution in [3.8, 4) is 5.75 Å². The number of aryl methyl sites for hydroxylation is 1. The van der Waals surface area contributed by atoms with Crippen LogP contribution in [0.2, 0.25) is 0 Å². The van der Waals surface area contributed by atoms with Crippen molar-refractivity contribution in [1.82, 2.24) is 19.7 Å². The summed E-state index contributed by atoms with van der Waals surface area (Å²) >= 11 is 0. The van der Waals surface area contributed by atoms with Gasteiger partial charge in [0.2, 0.25) is 0 Å². The van der Waals surface area contributed by atoms with Crippen molar-refractivity contribution in [2.24, 2.45) is 0 Å². The maximum Gasteiger partial charge on any atom is 0.261 e. The molecule has 7 nitrogen and oxygen atoms in total. The molecule has 0 aliphatic rings. The smallest absolute Gasteiger partial charge is 0.261 e. The van der Waals surface area contributed by atoms with E-state index < -0.39 is 0 Å². The van der Waals surface area contributed by atoms with Crippen molar-refractivity contribution in [3.05, 3.63) is 82.0 Å². The Morgan fingerprint density at radius 2 is 1.86 bits per heavy atom. The van der Waals surface area contributed by atoms with E-state index in [0.29, 0.717) is 34.9 Å². The lowest BCUT2D eigenvalue weighted by Gasteiger charge is -2.10. The van der Waals surface area contributed by atoms with Gasteiger partial charge in [-0.05, 0) is 24.3 Å². The Labute approximate surface area is 167 Å². The third-order valence-electron chi connectivity index (χ3n) is 4.58. The van der Waals surface area contributed by atoms with Crippen molar-refractivity contribution in [3.63, 3.8) is 0 Å². The van der Waals surface area contributed by atoms with Crippen molar-refractivity contribution >= 4 is 23.1 Å². The number of hydrogen-bond donors (Lipinski definition) is 0. The Hall–Kier alpha value is -3.74. The Kier molecular flexibility index (Phi) is 5.20. The summed E-state index contributed by atoms with van der Waals surface area (Å²) in [4.78, 5) is 21.9. The van der Waals surface area contributed by atoms with Gasteiger partial charge in [0.1, 0.15) is 11.6 Å². The molecular formula is C22H20N4O3. The van der Waals surface area contributed by atoms with Gasteiger partial charge in [0.05, 0.1) is 24.6 Å². The van der Waals surface area contributed by atoms with Crippen LogP contribution < -0.4 is 10.3 Å². The van der Waals surface area contributed by atoms with Crippen molar-refractivity contribution < 1.29 is 9.26 Å². The van der Waals surface area contributed by atoms with Crippen LogP contribution in [-0.4, -0.2) is 26.8 Å². The van der Waals surface area contributed by atoms with Crippen LogP contribution in [0.4, 0.5) is 0 Å². The molecule has 0 spiro atoms. The highest BCUT2D eigenvalue weighted by atomic mass is 16.5. The second kappa shape index (κ2) is 8.10. The lowest BCUT2D eigenvalue weighted by atomic mass is 10.2. The number of rotatable bonds is 6. The SMILES string of the molecule is CCc1nc2ccccc2c(=O)n1Cc1noc(/C=C/c2ccccc2OC)n1. The van der Waals surface area contributed by atoms with E-state index in [-0.39, 0.29) is 12.1 Å². The molecule has 0 aliphatic heterocycles. The van der Waals surface area contributed by atoms with Gasteiger partial charge in [0, 0.05) is 18.1 Å². The molecule has 29 heavy (non-hydrogen) atoms. The van der Waals surface area contributed by atoms with E-state index in [1.54, 1.807) is 23.8 Å². The molecule has 0 bridgehead atoms. The van der Waals surface area contributed by atoms with Gasteiger partial charge in [-0.1, -0.05) is 42.4 Å². The van der Waals surface area contributed by atoms with E-state index in [1.807, 2.05) is 55.5 Å². The van der Waals surface area contributed by atoms with E-state index in [2.05, 4.69) is 15.1 Å². The molecule has 2 heterocycles. The second-order valence-electron chi connectivity index (χ2n) is 6.41. The maximum atomic E-state index is 12.9. The molecule has 0 N–H and O–H groups in total. The first-order chi connectivity index (χ1) is 14.2. The standard InChI is InChI=1S/C22H20N4O3/c1-3-20-23-17-10-6-5-9-16(17)22(27)26(20)14-19-24-21(29-25-19)13-12-15-8-4-7-11-18(15)28-2/h4-13H,3,14H2,1-2H3/b13-12+. The molecule has 4 rings (SSSR count). The molecule has 146 valence electrons. The number of nitrogens with zero attached hydrogens (tertiary/aromatic N) is 4. The first-order valence-electron chi connectivity index (χ1n) is 9.31. The van der Waals surface area contributed by atoms with Crippen LogP contribution in [0.5, 0.6) is 5.75 Å². The van der Waals surface area contributed by atoms with Crippen LogP contribution in [0, 0.1) is 0 Å². The number of ether oxygens (including phenoxy) is 1. The highest BCUT2D eigenvalue weighted by molar-refractivity contribution is 5.77. The quantitative estimate of drug-likeness (QED) is 0.502. The third-order valence-corrected chi connectivity index (χ3v) is 4.58. The highest BCUT2D eigenvalue weighted by Gasteiger charge is 2.13.